The predicted molar refractivity (Wildman–Crippen MR) is 181 cm³/mol. The van der Waals surface area contributed by atoms with Gasteiger partial charge in [-0.05, 0) is 134 Å². The van der Waals surface area contributed by atoms with Gasteiger partial charge in [-0.1, -0.05) is 12.1 Å². The maximum atomic E-state index is 11.5. The van der Waals surface area contributed by atoms with E-state index in [4.69, 9.17) is 28.3 Å². The largest absolute Gasteiger partial charge is 0.494 e. The predicted octanol–water partition coefficient (Wildman–Crippen LogP) is 6.08. The first kappa shape index (κ1) is 37.5. The van der Waals surface area contributed by atoms with Gasteiger partial charge in [0.25, 0.3) is 0 Å². The molecule has 0 radical (unpaired) electrons. The van der Waals surface area contributed by atoms with Crippen molar-refractivity contribution >= 4 is 47.4 Å². The highest BCUT2D eigenvalue weighted by Gasteiger charge is 2.51. The fraction of sp³-hybridized carbons (Fsp3) is 0.562. The first-order valence-corrected chi connectivity index (χ1v) is 15.7. The Hall–Kier alpha value is -2.71. The third-order valence-electron chi connectivity index (χ3n) is 6.30. The van der Waals surface area contributed by atoms with Gasteiger partial charge in [0.2, 0.25) is 0 Å². The van der Waals surface area contributed by atoms with Gasteiger partial charge in [0.05, 0.1) is 24.3 Å². The van der Waals surface area contributed by atoms with Crippen molar-refractivity contribution in [3.05, 3.63) is 52.1 Å². The lowest BCUT2D eigenvalue weighted by Crippen LogP contribution is -2.41. The summed E-state index contributed by atoms with van der Waals surface area (Å²) in [6.07, 6.45) is -0.870. The molecule has 0 unspecified atom stereocenters. The third kappa shape index (κ3) is 13.9. The molecule has 0 atom stereocenters. The Morgan fingerprint density at radius 1 is 0.705 bits per heavy atom. The summed E-state index contributed by atoms with van der Waals surface area (Å²) in [4.78, 5) is 22.9. The lowest BCUT2D eigenvalue weighted by Gasteiger charge is -2.32. The normalized spacial score (nSPS) is 15.4. The minimum Gasteiger partial charge on any atom is -0.492 e. The molecule has 0 saturated carbocycles. The molecular weight excluding hydrogens is 678 g/mol. The number of halogens is 1. The molecule has 10 nitrogen and oxygen atoms in total. The number of benzene rings is 2. The monoisotopic (exact) mass is 726 g/mol. The van der Waals surface area contributed by atoms with Crippen LogP contribution in [0.25, 0.3) is 0 Å². The van der Waals surface area contributed by atoms with Crippen molar-refractivity contribution in [1.82, 2.24) is 10.6 Å². The lowest BCUT2D eigenvalue weighted by molar-refractivity contribution is 0.00578. The van der Waals surface area contributed by atoms with Crippen LogP contribution in [0.2, 0.25) is 0 Å². The molecule has 0 aromatic heterocycles. The van der Waals surface area contributed by atoms with E-state index in [0.29, 0.717) is 26.3 Å². The highest BCUT2D eigenvalue weighted by molar-refractivity contribution is 14.1. The van der Waals surface area contributed by atoms with Gasteiger partial charge < -0.3 is 38.9 Å². The van der Waals surface area contributed by atoms with Crippen LogP contribution >= 0.6 is 22.6 Å². The number of nitrogens with one attached hydrogen (secondary N) is 2. The highest BCUT2D eigenvalue weighted by atomic mass is 127. The van der Waals surface area contributed by atoms with Crippen molar-refractivity contribution in [1.29, 1.82) is 0 Å². The maximum absolute atomic E-state index is 11.5. The van der Waals surface area contributed by atoms with Crippen molar-refractivity contribution in [2.75, 3.05) is 26.3 Å². The van der Waals surface area contributed by atoms with Gasteiger partial charge in [0.1, 0.15) is 35.9 Å². The molecule has 2 amide bonds. The second-order valence-electron chi connectivity index (χ2n) is 13.2. The van der Waals surface area contributed by atoms with E-state index in [0.717, 1.165) is 20.5 Å². The van der Waals surface area contributed by atoms with E-state index in [9.17, 15) is 9.59 Å². The van der Waals surface area contributed by atoms with E-state index in [-0.39, 0.29) is 18.3 Å². The molecule has 0 spiro atoms. The summed E-state index contributed by atoms with van der Waals surface area (Å²) in [7, 11) is -0.386. The molecule has 2 aromatic rings. The molecule has 1 heterocycles. The van der Waals surface area contributed by atoms with Crippen molar-refractivity contribution < 1.29 is 37.8 Å². The van der Waals surface area contributed by atoms with Crippen molar-refractivity contribution in [3.8, 4) is 11.5 Å². The zero-order valence-electron chi connectivity index (χ0n) is 27.7. The van der Waals surface area contributed by atoms with Gasteiger partial charge >= 0.3 is 19.3 Å². The molecule has 0 bridgehead atoms. The standard InChI is InChI=1S/C19H30BNO5.C13H18INO3/c1-17(2,3)24-16(22)21-12-13-23-15-10-8-14(9-11-15)20-25-18(4,5)19(6,7)26-20;1-13(2,3)18-12(16)15-8-9-17-11-6-4-10(14)5-7-11/h8-11H,12-13H2,1-7H3,(H,21,22);4-7H,8-9H2,1-3H3,(H,15,16). The minimum absolute atomic E-state index is 0.356. The molecular formula is C32H48BIN2O8. The Morgan fingerprint density at radius 2 is 1.07 bits per heavy atom. The number of rotatable bonds is 9. The van der Waals surface area contributed by atoms with Gasteiger partial charge in [-0.3, -0.25) is 0 Å². The minimum atomic E-state index is -0.506. The second kappa shape index (κ2) is 16.0. The Kier molecular flexibility index (Phi) is 13.7. The van der Waals surface area contributed by atoms with Crippen LogP contribution in [0.15, 0.2) is 48.5 Å². The molecule has 2 aromatic carbocycles. The molecule has 1 aliphatic rings. The molecule has 1 saturated heterocycles. The quantitative estimate of drug-likeness (QED) is 0.182. The van der Waals surface area contributed by atoms with Crippen LogP contribution in [0.3, 0.4) is 0 Å². The zero-order chi connectivity index (χ0) is 33.2. The van der Waals surface area contributed by atoms with E-state index in [1.54, 1.807) is 0 Å². The van der Waals surface area contributed by atoms with Crippen molar-refractivity contribution in [2.45, 2.75) is 91.6 Å². The summed E-state index contributed by atoms with van der Waals surface area (Å²) in [6, 6.07) is 15.3. The molecule has 44 heavy (non-hydrogen) atoms. The molecule has 0 aliphatic carbocycles. The van der Waals surface area contributed by atoms with E-state index in [1.807, 2.05) is 118 Å². The summed E-state index contributed by atoms with van der Waals surface area (Å²) < 4.78 is 34.6. The second-order valence-corrected chi connectivity index (χ2v) is 14.4. The van der Waals surface area contributed by atoms with E-state index in [2.05, 4.69) is 33.2 Å². The number of carbonyl (C=O) groups is 2. The first-order chi connectivity index (χ1) is 20.3. The number of alkyl carbamates (subject to hydrolysis) is 2. The summed E-state index contributed by atoms with van der Waals surface area (Å²) in [5.41, 5.74) is -0.752. The van der Waals surface area contributed by atoms with Crippen LogP contribution < -0.4 is 25.6 Å². The van der Waals surface area contributed by atoms with Gasteiger partial charge in [-0.2, -0.15) is 0 Å². The van der Waals surface area contributed by atoms with Crippen LogP contribution in [0.4, 0.5) is 9.59 Å². The van der Waals surface area contributed by atoms with Crippen LogP contribution in [0.5, 0.6) is 11.5 Å². The SMILES string of the molecule is CC(C)(C)OC(=O)NCCOc1ccc(B2OC(C)(C)C(C)(C)O2)cc1.CC(C)(C)OC(=O)NCCOc1ccc(I)cc1. The Morgan fingerprint density at radius 3 is 1.43 bits per heavy atom. The fourth-order valence-corrected chi connectivity index (χ4v) is 3.86. The van der Waals surface area contributed by atoms with E-state index in [1.165, 1.54) is 0 Å². The lowest BCUT2D eigenvalue weighted by atomic mass is 9.79. The molecule has 244 valence electrons. The smallest absolute Gasteiger partial charge is 0.492 e. The average Bonchev–Trinajstić information content (AvgIpc) is 3.11. The topological polar surface area (TPSA) is 114 Å². The Bertz CT molecular complexity index is 1180. The number of ether oxygens (including phenoxy) is 4. The number of hydrogen-bond acceptors (Lipinski definition) is 8. The first-order valence-electron chi connectivity index (χ1n) is 14.7. The van der Waals surface area contributed by atoms with Crippen molar-refractivity contribution in [2.24, 2.45) is 0 Å². The summed E-state index contributed by atoms with van der Waals surface area (Å²) in [6.45, 7) is 20.6. The average molecular weight is 726 g/mol. The van der Waals surface area contributed by atoms with Gasteiger partial charge in [-0.25, -0.2) is 9.59 Å². The summed E-state index contributed by atoms with van der Waals surface area (Å²) in [5, 5.41) is 5.29. The summed E-state index contributed by atoms with van der Waals surface area (Å²) in [5.74, 6) is 1.51. The van der Waals surface area contributed by atoms with E-state index >= 15 is 0 Å². The molecule has 12 heteroatoms. The van der Waals surface area contributed by atoms with Crippen LogP contribution in [0.1, 0.15) is 69.2 Å². The Labute approximate surface area is 276 Å². The van der Waals surface area contributed by atoms with Crippen molar-refractivity contribution in [3.63, 3.8) is 0 Å². The molecule has 2 N–H and O–H groups in total. The van der Waals surface area contributed by atoms with E-state index < -0.39 is 23.4 Å². The number of amides is 2. The van der Waals surface area contributed by atoms with Crippen LogP contribution in [0, 0.1) is 3.57 Å². The van der Waals surface area contributed by atoms with Gasteiger partial charge in [0.15, 0.2) is 0 Å². The highest BCUT2D eigenvalue weighted by Crippen LogP contribution is 2.36. The third-order valence-corrected chi connectivity index (χ3v) is 7.02. The number of carbonyl (C=O) groups excluding carboxylic acids is 2. The molecule has 3 rings (SSSR count). The maximum Gasteiger partial charge on any atom is 0.494 e. The zero-order valence-corrected chi connectivity index (χ0v) is 29.8. The van der Waals surface area contributed by atoms with Crippen LogP contribution in [-0.4, -0.2) is 68.0 Å². The molecule has 1 fully saturated rings. The number of hydrogen-bond donors (Lipinski definition) is 2. The van der Waals surface area contributed by atoms with Gasteiger partial charge in [0, 0.05) is 3.57 Å². The van der Waals surface area contributed by atoms with Crippen LogP contribution in [-0.2, 0) is 18.8 Å². The van der Waals surface area contributed by atoms with Gasteiger partial charge in [-0.15, -0.1) is 0 Å². The molecule has 1 aliphatic heterocycles. The summed E-state index contributed by atoms with van der Waals surface area (Å²) >= 11 is 2.23. The Balaban J connectivity index is 0.000000329. The fourth-order valence-electron chi connectivity index (χ4n) is 3.50.